The van der Waals surface area contributed by atoms with Crippen molar-refractivity contribution in [3.63, 3.8) is 0 Å². The summed E-state index contributed by atoms with van der Waals surface area (Å²) in [6, 6.07) is 8.17. The van der Waals surface area contributed by atoms with Crippen LogP contribution in [0.5, 0.6) is 5.75 Å². The van der Waals surface area contributed by atoms with Crippen LogP contribution < -0.4 is 25.6 Å². The van der Waals surface area contributed by atoms with E-state index in [9.17, 15) is 4.57 Å². The van der Waals surface area contributed by atoms with Crippen LogP contribution in [0.25, 0.3) is 0 Å². The number of methoxy groups -OCH3 is 1. The zero-order valence-corrected chi connectivity index (χ0v) is 26.2. The number of aromatic nitrogens is 2. The van der Waals surface area contributed by atoms with Gasteiger partial charge in [-0.2, -0.15) is 4.98 Å². The number of rotatable bonds is 7. The molecule has 40 heavy (non-hydrogen) atoms. The van der Waals surface area contributed by atoms with Gasteiger partial charge in [-0.15, -0.1) is 0 Å². The minimum atomic E-state index is -2.55. The maximum absolute atomic E-state index is 13.1. The van der Waals surface area contributed by atoms with E-state index in [1.807, 2.05) is 26.0 Å². The molecule has 0 radical (unpaired) electrons. The lowest BCUT2D eigenvalue weighted by molar-refractivity contribution is 0.0905. The standard InChI is InChI=1S/C30H40ClN6O2P/c1-19-12-24(27(14-20(19)2)40(6,7)38)33-28-22(31)16-32-29(35-28)34-23-13-21(3)25(15-26(23)39-5)37-17-30(18-37)8-10-36(4)11-9-30/h12-16H,8-11,17-18H2,1-7H3,(H2,32,33,34,35). The molecule has 2 saturated heterocycles. The van der Waals surface area contributed by atoms with E-state index >= 15 is 0 Å². The van der Waals surface area contributed by atoms with E-state index in [1.165, 1.54) is 37.2 Å². The number of nitrogens with one attached hydrogen (secondary N) is 2. The van der Waals surface area contributed by atoms with Crippen molar-refractivity contribution in [2.24, 2.45) is 5.41 Å². The largest absolute Gasteiger partial charge is 0.494 e. The molecule has 2 aliphatic heterocycles. The molecule has 0 atom stereocenters. The van der Waals surface area contributed by atoms with Gasteiger partial charge in [-0.1, -0.05) is 11.6 Å². The van der Waals surface area contributed by atoms with Crippen molar-refractivity contribution in [2.75, 3.05) is 69.2 Å². The van der Waals surface area contributed by atoms with Gasteiger partial charge in [0.25, 0.3) is 0 Å². The lowest BCUT2D eigenvalue weighted by Crippen LogP contribution is -2.60. The van der Waals surface area contributed by atoms with Gasteiger partial charge in [0.05, 0.1) is 24.7 Å². The number of halogens is 1. The number of likely N-dealkylation sites (tertiary alicyclic amines) is 1. The predicted molar refractivity (Wildman–Crippen MR) is 168 cm³/mol. The first-order valence-electron chi connectivity index (χ1n) is 13.7. The molecule has 10 heteroatoms. The number of benzene rings is 2. The zero-order valence-electron chi connectivity index (χ0n) is 24.6. The second-order valence-corrected chi connectivity index (χ2v) is 15.5. The third-order valence-corrected chi connectivity index (χ3v) is 10.2. The third kappa shape index (κ3) is 5.81. The fourth-order valence-corrected chi connectivity index (χ4v) is 7.08. The van der Waals surface area contributed by atoms with Crippen LogP contribution in [0.2, 0.25) is 5.02 Å². The number of ether oxygens (including phenoxy) is 1. The molecule has 1 spiro atoms. The van der Waals surface area contributed by atoms with Crippen molar-refractivity contribution < 1.29 is 9.30 Å². The van der Waals surface area contributed by atoms with E-state index < -0.39 is 7.14 Å². The molecule has 2 N–H and O–H groups in total. The minimum Gasteiger partial charge on any atom is -0.494 e. The van der Waals surface area contributed by atoms with E-state index in [4.69, 9.17) is 16.3 Å². The highest BCUT2D eigenvalue weighted by Gasteiger charge is 2.44. The van der Waals surface area contributed by atoms with E-state index in [1.54, 1.807) is 26.6 Å². The molecule has 214 valence electrons. The molecule has 0 amide bonds. The van der Waals surface area contributed by atoms with Crippen molar-refractivity contribution >= 4 is 52.9 Å². The predicted octanol–water partition coefficient (Wildman–Crippen LogP) is 6.33. The monoisotopic (exact) mass is 582 g/mol. The van der Waals surface area contributed by atoms with Crippen LogP contribution >= 0.6 is 18.7 Å². The zero-order chi connectivity index (χ0) is 28.8. The average Bonchev–Trinajstić information content (AvgIpc) is 2.87. The Labute approximate surface area is 242 Å². The maximum atomic E-state index is 13.1. The summed E-state index contributed by atoms with van der Waals surface area (Å²) in [6.07, 6.45) is 4.09. The van der Waals surface area contributed by atoms with Gasteiger partial charge < -0.3 is 29.7 Å². The summed E-state index contributed by atoms with van der Waals surface area (Å²) in [5.41, 5.74) is 6.52. The van der Waals surface area contributed by atoms with Crippen LogP contribution in [0.15, 0.2) is 30.5 Å². The van der Waals surface area contributed by atoms with Gasteiger partial charge in [-0.05, 0) is 102 Å². The summed E-state index contributed by atoms with van der Waals surface area (Å²) >= 11 is 6.50. The van der Waals surface area contributed by atoms with Gasteiger partial charge in [0.15, 0.2) is 5.82 Å². The topological polar surface area (TPSA) is 82.6 Å². The summed E-state index contributed by atoms with van der Waals surface area (Å²) in [7, 11) is 1.34. The van der Waals surface area contributed by atoms with Crippen LogP contribution in [-0.2, 0) is 4.57 Å². The second kappa shape index (κ2) is 10.9. The summed E-state index contributed by atoms with van der Waals surface area (Å²) < 4.78 is 18.8. The smallest absolute Gasteiger partial charge is 0.229 e. The molecule has 2 fully saturated rings. The fourth-order valence-electron chi connectivity index (χ4n) is 5.74. The second-order valence-electron chi connectivity index (χ2n) is 11.9. The molecule has 3 aromatic rings. The Morgan fingerprint density at radius 3 is 2.27 bits per heavy atom. The Kier molecular flexibility index (Phi) is 7.81. The van der Waals surface area contributed by atoms with E-state index in [0.717, 1.165) is 46.6 Å². The van der Waals surface area contributed by atoms with Crippen molar-refractivity contribution in [2.45, 2.75) is 33.6 Å². The van der Waals surface area contributed by atoms with Crippen LogP contribution in [0.3, 0.4) is 0 Å². The molecule has 5 rings (SSSR count). The highest BCUT2D eigenvalue weighted by Crippen LogP contribution is 2.45. The number of hydrogen-bond donors (Lipinski definition) is 2. The van der Waals surface area contributed by atoms with E-state index in [0.29, 0.717) is 22.2 Å². The molecule has 0 saturated carbocycles. The first-order chi connectivity index (χ1) is 18.9. The fraction of sp³-hybridized carbons (Fsp3) is 0.467. The van der Waals surface area contributed by atoms with Gasteiger partial charge in [0, 0.05) is 35.6 Å². The molecular weight excluding hydrogens is 543 g/mol. The van der Waals surface area contributed by atoms with Gasteiger partial charge in [-0.3, -0.25) is 0 Å². The summed E-state index contributed by atoms with van der Waals surface area (Å²) in [5, 5.41) is 7.77. The van der Waals surface area contributed by atoms with Gasteiger partial charge in [0.1, 0.15) is 17.9 Å². The number of nitrogens with zero attached hydrogens (tertiary/aromatic N) is 4. The number of hydrogen-bond acceptors (Lipinski definition) is 8. The molecule has 2 aromatic carbocycles. The lowest BCUT2D eigenvalue weighted by atomic mass is 9.71. The van der Waals surface area contributed by atoms with Gasteiger partial charge in [-0.25, -0.2) is 4.98 Å². The molecule has 1 aromatic heterocycles. The Morgan fingerprint density at radius 2 is 1.62 bits per heavy atom. The molecule has 2 aliphatic rings. The third-order valence-electron chi connectivity index (χ3n) is 8.39. The quantitative estimate of drug-likeness (QED) is 0.313. The van der Waals surface area contributed by atoms with Crippen LogP contribution in [0.1, 0.15) is 29.5 Å². The first-order valence-corrected chi connectivity index (χ1v) is 16.7. The summed E-state index contributed by atoms with van der Waals surface area (Å²) in [5.74, 6) is 1.55. The molecule has 0 bridgehead atoms. The minimum absolute atomic E-state index is 0.371. The molecular formula is C30H40ClN6O2P. The Bertz CT molecular complexity index is 1470. The van der Waals surface area contributed by atoms with Crippen LogP contribution in [0, 0.1) is 26.2 Å². The Hall–Kier alpha value is -2.80. The van der Waals surface area contributed by atoms with Crippen LogP contribution in [0.4, 0.5) is 28.8 Å². The number of aryl methyl sites for hydroxylation is 3. The molecule has 0 unspecified atom stereocenters. The highest BCUT2D eigenvalue weighted by atomic mass is 35.5. The summed E-state index contributed by atoms with van der Waals surface area (Å²) in [4.78, 5) is 14.0. The number of anilines is 5. The number of piperidine rings is 1. The van der Waals surface area contributed by atoms with E-state index in [-0.39, 0.29) is 0 Å². The SMILES string of the molecule is COc1cc(N2CC3(CCN(C)CC3)C2)c(C)cc1Nc1ncc(Cl)c(Nc2cc(C)c(C)cc2P(C)(C)=O)n1. The normalized spacial score (nSPS) is 17.1. The van der Waals surface area contributed by atoms with Gasteiger partial charge in [0.2, 0.25) is 5.95 Å². The van der Waals surface area contributed by atoms with Crippen molar-refractivity contribution in [1.29, 1.82) is 0 Å². The van der Waals surface area contributed by atoms with Crippen molar-refractivity contribution in [3.8, 4) is 5.75 Å². The van der Waals surface area contributed by atoms with Gasteiger partial charge >= 0.3 is 0 Å². The van der Waals surface area contributed by atoms with Crippen molar-refractivity contribution in [3.05, 3.63) is 52.2 Å². The average molecular weight is 583 g/mol. The highest BCUT2D eigenvalue weighted by molar-refractivity contribution is 7.70. The molecule has 8 nitrogen and oxygen atoms in total. The lowest BCUT2D eigenvalue weighted by Gasteiger charge is -2.55. The maximum Gasteiger partial charge on any atom is 0.229 e. The molecule has 3 heterocycles. The van der Waals surface area contributed by atoms with Crippen LogP contribution in [-0.4, -0.2) is 68.5 Å². The summed E-state index contributed by atoms with van der Waals surface area (Å²) in [6.45, 7) is 14.3. The molecule has 0 aliphatic carbocycles. The van der Waals surface area contributed by atoms with Crippen molar-refractivity contribution in [1.82, 2.24) is 14.9 Å². The first kappa shape index (κ1) is 28.7. The van der Waals surface area contributed by atoms with E-state index in [2.05, 4.69) is 56.5 Å². The Morgan fingerprint density at radius 1 is 0.975 bits per heavy atom. The Balaban J connectivity index is 1.37.